The number of guanidine groups is 1. The van der Waals surface area contributed by atoms with Gasteiger partial charge >= 0.3 is 0 Å². The van der Waals surface area contributed by atoms with Crippen LogP contribution in [0.15, 0.2) is 59.6 Å². The van der Waals surface area contributed by atoms with E-state index in [9.17, 15) is 0 Å². The van der Waals surface area contributed by atoms with E-state index in [4.69, 9.17) is 15.2 Å². The first-order valence-corrected chi connectivity index (χ1v) is 8.06. The predicted octanol–water partition coefficient (Wildman–Crippen LogP) is 2.98. The fraction of sp³-hybridized carbons (Fsp3) is 0.316. The van der Waals surface area contributed by atoms with Gasteiger partial charge in [0.05, 0.1) is 13.2 Å². The molecule has 0 unspecified atom stereocenters. The van der Waals surface area contributed by atoms with Crippen LogP contribution < -0.4 is 15.8 Å². The van der Waals surface area contributed by atoms with Crippen LogP contribution >= 0.6 is 24.0 Å². The van der Waals surface area contributed by atoms with E-state index in [0.29, 0.717) is 25.7 Å². The largest absolute Gasteiger partial charge is 0.491 e. The van der Waals surface area contributed by atoms with Crippen LogP contribution in [0.4, 0.5) is 0 Å². The quantitative estimate of drug-likeness (QED) is 0.264. The molecule has 2 aromatic rings. The van der Waals surface area contributed by atoms with Gasteiger partial charge in [-0.2, -0.15) is 0 Å². The van der Waals surface area contributed by atoms with Gasteiger partial charge in [-0.3, -0.25) is 0 Å². The number of methoxy groups -OCH3 is 1. The van der Waals surface area contributed by atoms with Crippen molar-refractivity contribution in [2.24, 2.45) is 10.7 Å². The Morgan fingerprint density at radius 3 is 2.56 bits per heavy atom. The summed E-state index contributed by atoms with van der Waals surface area (Å²) in [6.45, 7) is 2.39. The Bertz CT molecular complexity index is 636. The average Bonchev–Trinajstić information content (AvgIpc) is 2.62. The smallest absolute Gasteiger partial charge is 0.188 e. The molecule has 0 bridgehead atoms. The molecule has 3 N–H and O–H groups in total. The lowest BCUT2D eigenvalue weighted by Crippen LogP contribution is -2.33. The number of hydrogen-bond acceptors (Lipinski definition) is 3. The maximum atomic E-state index is 5.91. The van der Waals surface area contributed by atoms with Gasteiger partial charge in [-0.25, -0.2) is 4.99 Å². The highest BCUT2D eigenvalue weighted by atomic mass is 127. The summed E-state index contributed by atoms with van der Waals surface area (Å²) in [6, 6.07) is 18.1. The molecule has 0 aromatic heterocycles. The molecule has 0 aliphatic carbocycles. The summed E-state index contributed by atoms with van der Waals surface area (Å²) in [7, 11) is 1.65. The van der Waals surface area contributed by atoms with Gasteiger partial charge in [0.1, 0.15) is 12.4 Å². The molecular weight excluding hydrogens is 429 g/mol. The van der Waals surface area contributed by atoms with E-state index in [-0.39, 0.29) is 24.0 Å². The Labute approximate surface area is 166 Å². The molecule has 0 spiro atoms. The van der Waals surface area contributed by atoms with Crippen LogP contribution in [0.5, 0.6) is 5.75 Å². The van der Waals surface area contributed by atoms with E-state index >= 15 is 0 Å². The average molecular weight is 455 g/mol. The number of halogens is 1. The molecular formula is C19H26IN3O2. The van der Waals surface area contributed by atoms with Gasteiger partial charge in [-0.15, -0.1) is 24.0 Å². The number of benzene rings is 2. The summed E-state index contributed by atoms with van der Waals surface area (Å²) in [5.41, 5.74) is 8.24. The van der Waals surface area contributed by atoms with E-state index in [1.54, 1.807) is 7.11 Å². The van der Waals surface area contributed by atoms with Gasteiger partial charge in [0.2, 0.25) is 0 Å². The van der Waals surface area contributed by atoms with Crippen molar-refractivity contribution in [3.8, 4) is 5.75 Å². The van der Waals surface area contributed by atoms with E-state index in [1.165, 1.54) is 5.56 Å². The van der Waals surface area contributed by atoms with Crippen molar-refractivity contribution < 1.29 is 9.47 Å². The normalized spacial score (nSPS) is 10.8. The van der Waals surface area contributed by atoms with Crippen LogP contribution in [-0.2, 0) is 17.7 Å². The van der Waals surface area contributed by atoms with Crippen molar-refractivity contribution in [2.75, 3.05) is 26.9 Å². The maximum absolute atomic E-state index is 5.91. The van der Waals surface area contributed by atoms with Crippen LogP contribution in [0.1, 0.15) is 11.1 Å². The molecule has 0 aliphatic rings. The maximum Gasteiger partial charge on any atom is 0.188 e. The minimum Gasteiger partial charge on any atom is -0.491 e. The molecule has 0 amide bonds. The number of ether oxygens (including phenoxy) is 2. The van der Waals surface area contributed by atoms with E-state index < -0.39 is 0 Å². The Morgan fingerprint density at radius 1 is 1.04 bits per heavy atom. The summed E-state index contributed by atoms with van der Waals surface area (Å²) in [5.74, 6) is 1.27. The van der Waals surface area contributed by atoms with Gasteiger partial charge in [0.15, 0.2) is 5.96 Å². The third kappa shape index (κ3) is 8.74. The zero-order valence-electron chi connectivity index (χ0n) is 14.5. The SMILES string of the molecule is COCCOc1cccc(CN=C(N)NCCc2ccccc2)c1.I. The number of aliphatic imine (C=N–C) groups is 1. The Hall–Kier alpha value is -1.80. The number of nitrogens with two attached hydrogens (primary N) is 1. The Kier molecular flexibility index (Phi) is 10.7. The summed E-state index contributed by atoms with van der Waals surface area (Å²) in [4.78, 5) is 4.37. The van der Waals surface area contributed by atoms with Crippen molar-refractivity contribution in [1.82, 2.24) is 5.32 Å². The second-order valence-corrected chi connectivity index (χ2v) is 5.35. The molecule has 0 heterocycles. The summed E-state index contributed by atoms with van der Waals surface area (Å²) < 4.78 is 10.6. The second kappa shape index (κ2) is 12.5. The molecule has 25 heavy (non-hydrogen) atoms. The predicted molar refractivity (Wildman–Crippen MR) is 113 cm³/mol. The fourth-order valence-corrected chi connectivity index (χ4v) is 2.19. The number of nitrogens with one attached hydrogen (secondary N) is 1. The van der Waals surface area contributed by atoms with E-state index in [1.807, 2.05) is 42.5 Å². The molecule has 0 radical (unpaired) electrons. The van der Waals surface area contributed by atoms with Crippen LogP contribution in [0.3, 0.4) is 0 Å². The lowest BCUT2D eigenvalue weighted by atomic mass is 10.1. The molecule has 2 aromatic carbocycles. The standard InChI is InChI=1S/C19H25N3O2.HI/c1-23-12-13-24-18-9-5-8-17(14-18)15-22-19(20)21-11-10-16-6-3-2-4-7-16;/h2-9,14H,10-13,15H2,1H3,(H3,20,21,22);1H. The van der Waals surface area contributed by atoms with Crippen molar-refractivity contribution in [2.45, 2.75) is 13.0 Å². The number of nitrogens with zero attached hydrogens (tertiary/aromatic N) is 1. The minimum absolute atomic E-state index is 0. The lowest BCUT2D eigenvalue weighted by molar-refractivity contribution is 0.146. The van der Waals surface area contributed by atoms with E-state index in [2.05, 4.69) is 22.4 Å². The monoisotopic (exact) mass is 455 g/mol. The third-order valence-corrected chi connectivity index (χ3v) is 3.45. The van der Waals surface area contributed by atoms with Gasteiger partial charge < -0.3 is 20.5 Å². The molecule has 0 saturated carbocycles. The topological polar surface area (TPSA) is 68.9 Å². The molecule has 0 fully saturated rings. The number of hydrogen-bond donors (Lipinski definition) is 2. The Balaban J connectivity index is 0.00000312. The molecule has 0 atom stereocenters. The molecule has 5 nitrogen and oxygen atoms in total. The highest BCUT2D eigenvalue weighted by Gasteiger charge is 1.98. The minimum atomic E-state index is 0. The fourth-order valence-electron chi connectivity index (χ4n) is 2.19. The highest BCUT2D eigenvalue weighted by Crippen LogP contribution is 2.13. The van der Waals surface area contributed by atoms with Crippen molar-refractivity contribution in [3.63, 3.8) is 0 Å². The lowest BCUT2D eigenvalue weighted by Gasteiger charge is -2.08. The Morgan fingerprint density at radius 2 is 1.80 bits per heavy atom. The molecule has 0 aliphatic heterocycles. The van der Waals surface area contributed by atoms with Crippen LogP contribution in [0, 0.1) is 0 Å². The van der Waals surface area contributed by atoms with Gasteiger partial charge in [0.25, 0.3) is 0 Å². The summed E-state index contributed by atoms with van der Waals surface area (Å²) in [6.07, 6.45) is 0.917. The second-order valence-electron chi connectivity index (χ2n) is 5.35. The summed E-state index contributed by atoms with van der Waals surface area (Å²) >= 11 is 0. The molecule has 2 rings (SSSR count). The first-order chi connectivity index (χ1) is 11.8. The third-order valence-electron chi connectivity index (χ3n) is 3.45. The first-order valence-electron chi connectivity index (χ1n) is 8.06. The van der Waals surface area contributed by atoms with Crippen molar-refractivity contribution >= 4 is 29.9 Å². The van der Waals surface area contributed by atoms with Gasteiger partial charge in [-0.1, -0.05) is 42.5 Å². The van der Waals surface area contributed by atoms with E-state index in [0.717, 1.165) is 24.3 Å². The highest BCUT2D eigenvalue weighted by molar-refractivity contribution is 14.0. The zero-order chi connectivity index (χ0) is 17.0. The van der Waals surface area contributed by atoms with Crippen LogP contribution in [-0.4, -0.2) is 32.8 Å². The summed E-state index contributed by atoms with van der Waals surface area (Å²) in [5, 5.41) is 3.14. The van der Waals surface area contributed by atoms with Crippen molar-refractivity contribution in [3.05, 3.63) is 65.7 Å². The van der Waals surface area contributed by atoms with Gasteiger partial charge in [-0.05, 0) is 29.7 Å². The zero-order valence-corrected chi connectivity index (χ0v) is 16.8. The molecule has 0 saturated heterocycles. The molecule has 6 heteroatoms. The molecule has 136 valence electrons. The van der Waals surface area contributed by atoms with Crippen LogP contribution in [0.2, 0.25) is 0 Å². The van der Waals surface area contributed by atoms with Crippen molar-refractivity contribution in [1.29, 1.82) is 0 Å². The first kappa shape index (κ1) is 21.2. The van der Waals surface area contributed by atoms with Crippen LogP contribution in [0.25, 0.3) is 0 Å². The van der Waals surface area contributed by atoms with Gasteiger partial charge in [0, 0.05) is 13.7 Å². The number of rotatable bonds is 9.